The van der Waals surface area contributed by atoms with Gasteiger partial charge in [0.05, 0.1) is 22.4 Å². The van der Waals surface area contributed by atoms with Gasteiger partial charge >= 0.3 is 0 Å². The van der Waals surface area contributed by atoms with Crippen molar-refractivity contribution in [2.24, 2.45) is 0 Å². The maximum Gasteiger partial charge on any atom is 0.271 e. The van der Waals surface area contributed by atoms with E-state index in [4.69, 9.17) is 5.73 Å². The molecule has 0 radical (unpaired) electrons. The van der Waals surface area contributed by atoms with Gasteiger partial charge in [-0.1, -0.05) is 30.3 Å². The van der Waals surface area contributed by atoms with Crippen molar-refractivity contribution >= 4 is 17.1 Å². The van der Waals surface area contributed by atoms with Crippen molar-refractivity contribution in [3.05, 3.63) is 64.2 Å². The van der Waals surface area contributed by atoms with Crippen LogP contribution in [0.1, 0.15) is 11.7 Å². The Morgan fingerprint density at radius 3 is 2.55 bits per heavy atom. The zero-order valence-corrected chi connectivity index (χ0v) is 10.7. The maximum absolute atomic E-state index is 10.6. The summed E-state index contributed by atoms with van der Waals surface area (Å²) in [6.45, 7) is 0.270. The van der Waals surface area contributed by atoms with Crippen LogP contribution in [0.4, 0.5) is 17.1 Å². The Kier molecular flexibility index (Phi) is 4.17. The SMILES string of the molecule is Nc1cc([N+](=O)[O-])ccc1NCC(O)c1ccccc1. The van der Waals surface area contributed by atoms with Gasteiger partial charge in [0.2, 0.25) is 0 Å². The second-order valence-corrected chi connectivity index (χ2v) is 4.34. The van der Waals surface area contributed by atoms with Crippen LogP contribution in [-0.2, 0) is 0 Å². The highest BCUT2D eigenvalue weighted by Crippen LogP contribution is 2.24. The monoisotopic (exact) mass is 273 g/mol. The van der Waals surface area contributed by atoms with E-state index in [0.29, 0.717) is 5.69 Å². The molecule has 0 aliphatic heterocycles. The average molecular weight is 273 g/mol. The number of nitro groups is 1. The van der Waals surface area contributed by atoms with E-state index < -0.39 is 11.0 Å². The Morgan fingerprint density at radius 1 is 1.25 bits per heavy atom. The van der Waals surface area contributed by atoms with Gasteiger partial charge in [0.15, 0.2) is 0 Å². The number of nitrogen functional groups attached to an aromatic ring is 1. The second-order valence-electron chi connectivity index (χ2n) is 4.34. The van der Waals surface area contributed by atoms with E-state index in [9.17, 15) is 15.2 Å². The van der Waals surface area contributed by atoms with Crippen molar-refractivity contribution in [3.63, 3.8) is 0 Å². The highest BCUT2D eigenvalue weighted by atomic mass is 16.6. The van der Waals surface area contributed by atoms with Gasteiger partial charge in [0, 0.05) is 18.7 Å². The fourth-order valence-electron chi connectivity index (χ4n) is 1.82. The molecular weight excluding hydrogens is 258 g/mol. The lowest BCUT2D eigenvalue weighted by molar-refractivity contribution is -0.384. The Balaban J connectivity index is 2.02. The Bertz CT molecular complexity index is 602. The van der Waals surface area contributed by atoms with Crippen molar-refractivity contribution < 1.29 is 10.0 Å². The number of anilines is 2. The summed E-state index contributed by atoms with van der Waals surface area (Å²) in [7, 11) is 0. The van der Waals surface area contributed by atoms with Crippen LogP contribution in [0, 0.1) is 10.1 Å². The zero-order valence-electron chi connectivity index (χ0n) is 10.7. The average Bonchev–Trinajstić information content (AvgIpc) is 2.46. The third-order valence-electron chi connectivity index (χ3n) is 2.92. The first kappa shape index (κ1) is 13.8. The number of hydrogen-bond donors (Lipinski definition) is 3. The molecule has 2 aromatic rings. The highest BCUT2D eigenvalue weighted by Gasteiger charge is 2.10. The highest BCUT2D eigenvalue weighted by molar-refractivity contribution is 5.69. The molecule has 0 aliphatic rings. The molecule has 0 aromatic heterocycles. The molecule has 0 spiro atoms. The van der Waals surface area contributed by atoms with Crippen LogP contribution in [0.15, 0.2) is 48.5 Å². The van der Waals surface area contributed by atoms with Crippen LogP contribution >= 0.6 is 0 Å². The Hall–Kier alpha value is -2.60. The number of nitrogens with one attached hydrogen (secondary N) is 1. The van der Waals surface area contributed by atoms with Crippen LogP contribution in [0.2, 0.25) is 0 Å². The van der Waals surface area contributed by atoms with Crippen molar-refractivity contribution in [1.29, 1.82) is 0 Å². The molecule has 104 valence electrons. The first-order valence-electron chi connectivity index (χ1n) is 6.08. The van der Waals surface area contributed by atoms with Crippen molar-refractivity contribution in [2.45, 2.75) is 6.10 Å². The van der Waals surface area contributed by atoms with Crippen LogP contribution < -0.4 is 11.1 Å². The number of aliphatic hydroxyl groups is 1. The largest absolute Gasteiger partial charge is 0.397 e. The lowest BCUT2D eigenvalue weighted by Gasteiger charge is -2.14. The van der Waals surface area contributed by atoms with Gasteiger partial charge in [-0.2, -0.15) is 0 Å². The predicted octanol–water partition coefficient (Wildman–Crippen LogP) is 2.32. The summed E-state index contributed by atoms with van der Waals surface area (Å²) in [6, 6.07) is 13.4. The molecule has 0 bridgehead atoms. The fraction of sp³-hybridized carbons (Fsp3) is 0.143. The molecule has 4 N–H and O–H groups in total. The molecule has 6 heteroatoms. The first-order chi connectivity index (χ1) is 9.58. The van der Waals surface area contributed by atoms with E-state index in [2.05, 4.69) is 5.32 Å². The van der Waals surface area contributed by atoms with Crippen LogP contribution in [0.25, 0.3) is 0 Å². The quantitative estimate of drug-likeness (QED) is 0.441. The van der Waals surface area contributed by atoms with Crippen LogP contribution in [0.3, 0.4) is 0 Å². The molecule has 6 nitrogen and oxygen atoms in total. The predicted molar refractivity (Wildman–Crippen MR) is 77.4 cm³/mol. The number of benzene rings is 2. The molecule has 0 saturated heterocycles. The van der Waals surface area contributed by atoms with Gasteiger partial charge in [0.1, 0.15) is 0 Å². The van der Waals surface area contributed by atoms with E-state index in [1.165, 1.54) is 18.2 Å². The van der Waals surface area contributed by atoms with Crippen LogP contribution in [0.5, 0.6) is 0 Å². The van der Waals surface area contributed by atoms with E-state index >= 15 is 0 Å². The summed E-state index contributed by atoms with van der Waals surface area (Å²) >= 11 is 0. The van der Waals surface area contributed by atoms with Gasteiger partial charge in [0.25, 0.3) is 5.69 Å². The summed E-state index contributed by atoms with van der Waals surface area (Å²) in [6.07, 6.45) is -0.675. The number of non-ortho nitro benzene ring substituents is 1. The minimum absolute atomic E-state index is 0.0587. The molecule has 20 heavy (non-hydrogen) atoms. The topological polar surface area (TPSA) is 101 Å². The third-order valence-corrected chi connectivity index (χ3v) is 2.92. The lowest BCUT2D eigenvalue weighted by atomic mass is 10.1. The van der Waals surface area contributed by atoms with Gasteiger partial charge in [-0.3, -0.25) is 10.1 Å². The number of hydrogen-bond acceptors (Lipinski definition) is 5. The second kappa shape index (κ2) is 6.03. The smallest absolute Gasteiger partial charge is 0.271 e. The summed E-state index contributed by atoms with van der Waals surface area (Å²) in [5, 5.41) is 23.6. The first-order valence-corrected chi connectivity index (χ1v) is 6.08. The third kappa shape index (κ3) is 3.24. The van der Waals surface area contributed by atoms with Gasteiger partial charge < -0.3 is 16.2 Å². The maximum atomic E-state index is 10.6. The molecule has 1 unspecified atom stereocenters. The molecule has 0 aliphatic carbocycles. The standard InChI is InChI=1S/C14H15N3O3/c15-12-8-11(17(19)20)6-7-13(12)16-9-14(18)10-4-2-1-3-5-10/h1-8,14,16,18H,9,15H2. The molecule has 0 amide bonds. The molecule has 0 saturated carbocycles. The molecule has 2 aromatic carbocycles. The van der Waals surface area contributed by atoms with Gasteiger partial charge in [-0.05, 0) is 11.6 Å². The number of nitrogens with two attached hydrogens (primary N) is 1. The number of nitro benzene ring substituents is 1. The summed E-state index contributed by atoms with van der Waals surface area (Å²) in [5.74, 6) is 0. The normalized spacial score (nSPS) is 11.8. The minimum atomic E-state index is -0.675. The van der Waals surface area contributed by atoms with E-state index in [-0.39, 0.29) is 17.9 Å². The van der Waals surface area contributed by atoms with E-state index in [1.807, 2.05) is 30.3 Å². The van der Waals surface area contributed by atoms with Crippen molar-refractivity contribution in [1.82, 2.24) is 0 Å². The fourth-order valence-corrected chi connectivity index (χ4v) is 1.82. The zero-order chi connectivity index (χ0) is 14.5. The molecular formula is C14H15N3O3. The Labute approximate surface area is 116 Å². The summed E-state index contributed by atoms with van der Waals surface area (Å²) in [5.41, 5.74) is 7.31. The molecule has 0 heterocycles. The lowest BCUT2D eigenvalue weighted by Crippen LogP contribution is -2.13. The van der Waals surface area contributed by atoms with Crippen molar-refractivity contribution in [3.8, 4) is 0 Å². The Morgan fingerprint density at radius 2 is 1.95 bits per heavy atom. The molecule has 0 fully saturated rings. The van der Waals surface area contributed by atoms with E-state index in [0.717, 1.165) is 5.56 Å². The molecule has 1 atom stereocenters. The number of aliphatic hydroxyl groups excluding tert-OH is 1. The minimum Gasteiger partial charge on any atom is -0.397 e. The van der Waals surface area contributed by atoms with Crippen molar-refractivity contribution in [2.75, 3.05) is 17.6 Å². The van der Waals surface area contributed by atoms with E-state index in [1.54, 1.807) is 0 Å². The van der Waals surface area contributed by atoms with Gasteiger partial charge in [-0.15, -0.1) is 0 Å². The number of rotatable bonds is 5. The number of nitrogens with zero attached hydrogens (tertiary/aromatic N) is 1. The summed E-state index contributed by atoms with van der Waals surface area (Å²) < 4.78 is 0. The van der Waals surface area contributed by atoms with Gasteiger partial charge in [-0.25, -0.2) is 0 Å². The molecule has 2 rings (SSSR count). The van der Waals surface area contributed by atoms with Crippen LogP contribution in [-0.4, -0.2) is 16.6 Å². The summed E-state index contributed by atoms with van der Waals surface area (Å²) in [4.78, 5) is 10.1.